The Morgan fingerprint density at radius 2 is 1.92 bits per heavy atom. The lowest BCUT2D eigenvalue weighted by Gasteiger charge is -2.26. The van der Waals surface area contributed by atoms with E-state index in [0.717, 1.165) is 31.2 Å². The molecule has 0 aromatic heterocycles. The van der Waals surface area contributed by atoms with Crippen LogP contribution in [-0.2, 0) is 21.0 Å². The van der Waals surface area contributed by atoms with Gasteiger partial charge in [-0.15, -0.1) is 0 Å². The standard InChI is InChI=1S/C15H20F3N3O3S/c1-25(23,24)21-12-6-5-10(15(16,17)18)8-13(12)20-14(22)9-3-2-4-11(19)7-9/h5-6,8-9,11,21H,2-4,7,19H2,1H3,(H,20,22). The molecule has 0 heterocycles. The van der Waals surface area contributed by atoms with Gasteiger partial charge in [0.15, 0.2) is 0 Å². The van der Waals surface area contributed by atoms with E-state index in [1.54, 1.807) is 0 Å². The minimum Gasteiger partial charge on any atom is -0.328 e. The summed E-state index contributed by atoms with van der Waals surface area (Å²) in [6, 6.07) is 2.32. The number of hydrogen-bond acceptors (Lipinski definition) is 4. The fraction of sp³-hybridized carbons (Fsp3) is 0.533. The molecule has 1 aliphatic carbocycles. The van der Waals surface area contributed by atoms with Crippen molar-refractivity contribution >= 4 is 27.3 Å². The van der Waals surface area contributed by atoms with E-state index in [-0.39, 0.29) is 17.4 Å². The number of alkyl halides is 3. The molecule has 1 amide bonds. The van der Waals surface area contributed by atoms with Crippen molar-refractivity contribution in [3.63, 3.8) is 0 Å². The summed E-state index contributed by atoms with van der Waals surface area (Å²) in [5.74, 6) is -0.879. The van der Waals surface area contributed by atoms with Gasteiger partial charge in [0.05, 0.1) is 23.2 Å². The lowest BCUT2D eigenvalue weighted by molar-refractivity contribution is -0.137. The van der Waals surface area contributed by atoms with E-state index in [2.05, 4.69) is 10.0 Å². The smallest absolute Gasteiger partial charge is 0.328 e. The molecule has 1 aromatic carbocycles. The van der Waals surface area contributed by atoms with Gasteiger partial charge in [-0.3, -0.25) is 9.52 Å². The van der Waals surface area contributed by atoms with Crippen molar-refractivity contribution in [1.82, 2.24) is 0 Å². The summed E-state index contributed by atoms with van der Waals surface area (Å²) in [4.78, 5) is 12.4. The molecule has 0 radical (unpaired) electrons. The van der Waals surface area contributed by atoms with E-state index in [0.29, 0.717) is 18.9 Å². The zero-order valence-corrected chi connectivity index (χ0v) is 14.4. The van der Waals surface area contributed by atoms with Gasteiger partial charge in [-0.1, -0.05) is 6.42 Å². The van der Waals surface area contributed by atoms with Crippen LogP contribution in [0.15, 0.2) is 18.2 Å². The molecule has 1 aliphatic rings. The zero-order chi connectivity index (χ0) is 18.8. The highest BCUT2D eigenvalue weighted by molar-refractivity contribution is 7.92. The van der Waals surface area contributed by atoms with Crippen LogP contribution in [0.4, 0.5) is 24.5 Å². The second-order valence-corrected chi connectivity index (χ2v) is 7.99. The number of carbonyl (C=O) groups excluding carboxylic acids is 1. The number of nitrogens with two attached hydrogens (primary N) is 1. The second kappa shape index (κ2) is 7.20. The predicted molar refractivity (Wildman–Crippen MR) is 88.5 cm³/mol. The molecule has 1 fully saturated rings. The van der Waals surface area contributed by atoms with E-state index in [4.69, 9.17) is 5.73 Å². The SMILES string of the molecule is CS(=O)(=O)Nc1ccc(C(F)(F)F)cc1NC(=O)C1CCCC(N)C1. The highest BCUT2D eigenvalue weighted by Crippen LogP contribution is 2.35. The van der Waals surface area contributed by atoms with E-state index in [1.807, 2.05) is 0 Å². The maximum absolute atomic E-state index is 12.9. The Kier molecular flexibility index (Phi) is 5.62. The van der Waals surface area contributed by atoms with Crippen LogP contribution in [0.5, 0.6) is 0 Å². The average Bonchev–Trinajstić information content (AvgIpc) is 2.46. The third-order valence-corrected chi connectivity index (χ3v) is 4.58. The normalized spacial score (nSPS) is 21.6. The number of benzene rings is 1. The Labute approximate surface area is 144 Å². The van der Waals surface area contributed by atoms with Gasteiger partial charge in [0.2, 0.25) is 15.9 Å². The molecule has 0 aliphatic heterocycles. The van der Waals surface area contributed by atoms with E-state index in [9.17, 15) is 26.4 Å². The summed E-state index contributed by atoms with van der Waals surface area (Å²) in [5, 5.41) is 2.41. The van der Waals surface area contributed by atoms with Crippen LogP contribution in [0, 0.1) is 5.92 Å². The van der Waals surface area contributed by atoms with Gasteiger partial charge in [-0.05, 0) is 37.5 Å². The first-order valence-corrected chi connectivity index (χ1v) is 9.60. The Bertz CT molecular complexity index is 750. The third kappa shape index (κ3) is 5.60. The quantitative estimate of drug-likeness (QED) is 0.748. The van der Waals surface area contributed by atoms with E-state index < -0.39 is 33.6 Å². The van der Waals surface area contributed by atoms with Gasteiger partial charge in [-0.25, -0.2) is 8.42 Å². The highest BCUT2D eigenvalue weighted by atomic mass is 32.2. The molecule has 25 heavy (non-hydrogen) atoms. The number of nitrogens with one attached hydrogen (secondary N) is 2. The minimum absolute atomic E-state index is 0.121. The number of carbonyl (C=O) groups is 1. The maximum atomic E-state index is 12.9. The fourth-order valence-corrected chi connectivity index (χ4v) is 3.39. The number of hydrogen-bond donors (Lipinski definition) is 3. The molecular weight excluding hydrogens is 359 g/mol. The lowest BCUT2D eigenvalue weighted by Crippen LogP contribution is -2.34. The summed E-state index contributed by atoms with van der Waals surface area (Å²) in [7, 11) is -3.72. The fourth-order valence-electron chi connectivity index (χ4n) is 2.81. The predicted octanol–water partition coefficient (Wildman–Crippen LogP) is 2.53. The van der Waals surface area contributed by atoms with Crippen molar-refractivity contribution in [1.29, 1.82) is 0 Å². The highest BCUT2D eigenvalue weighted by Gasteiger charge is 2.32. The van der Waals surface area contributed by atoms with Crippen molar-refractivity contribution in [2.75, 3.05) is 16.3 Å². The Balaban J connectivity index is 2.30. The molecule has 10 heteroatoms. The van der Waals surface area contributed by atoms with Crippen molar-refractivity contribution in [3.05, 3.63) is 23.8 Å². The molecule has 2 rings (SSSR count). The molecular formula is C15H20F3N3O3S. The molecule has 1 saturated carbocycles. The summed E-state index contributed by atoms with van der Waals surface area (Å²) in [6.45, 7) is 0. The van der Waals surface area contributed by atoms with Crippen molar-refractivity contribution < 1.29 is 26.4 Å². The first kappa shape index (κ1) is 19.5. The maximum Gasteiger partial charge on any atom is 0.416 e. The molecule has 0 spiro atoms. The zero-order valence-electron chi connectivity index (χ0n) is 13.6. The molecule has 2 unspecified atom stereocenters. The van der Waals surface area contributed by atoms with Crippen LogP contribution >= 0.6 is 0 Å². The van der Waals surface area contributed by atoms with Gasteiger partial charge in [0.1, 0.15) is 0 Å². The van der Waals surface area contributed by atoms with Crippen LogP contribution < -0.4 is 15.8 Å². The van der Waals surface area contributed by atoms with Gasteiger partial charge < -0.3 is 11.1 Å². The van der Waals surface area contributed by atoms with E-state index >= 15 is 0 Å². The monoisotopic (exact) mass is 379 g/mol. The van der Waals surface area contributed by atoms with Crippen LogP contribution in [-0.4, -0.2) is 26.6 Å². The summed E-state index contributed by atoms with van der Waals surface area (Å²) < 4.78 is 63.7. The largest absolute Gasteiger partial charge is 0.416 e. The Morgan fingerprint density at radius 1 is 1.24 bits per heavy atom. The summed E-state index contributed by atoms with van der Waals surface area (Å²) >= 11 is 0. The Hall–Kier alpha value is -1.81. The molecule has 6 nitrogen and oxygen atoms in total. The Morgan fingerprint density at radius 3 is 2.48 bits per heavy atom. The van der Waals surface area contributed by atoms with Crippen LogP contribution in [0.2, 0.25) is 0 Å². The molecule has 1 aromatic rings. The molecule has 0 bridgehead atoms. The van der Waals surface area contributed by atoms with Gasteiger partial charge >= 0.3 is 6.18 Å². The number of sulfonamides is 1. The van der Waals surface area contributed by atoms with E-state index in [1.165, 1.54) is 0 Å². The number of halogens is 3. The van der Waals surface area contributed by atoms with Crippen LogP contribution in [0.3, 0.4) is 0 Å². The van der Waals surface area contributed by atoms with Crippen LogP contribution in [0.25, 0.3) is 0 Å². The summed E-state index contributed by atoms with van der Waals surface area (Å²) in [6.07, 6.45) is -1.15. The molecule has 140 valence electrons. The molecule has 2 atom stereocenters. The first-order chi connectivity index (χ1) is 11.5. The summed E-state index contributed by atoms with van der Waals surface area (Å²) in [5.41, 5.74) is 4.49. The van der Waals surface area contributed by atoms with Crippen molar-refractivity contribution in [3.8, 4) is 0 Å². The van der Waals surface area contributed by atoms with Gasteiger partial charge in [0.25, 0.3) is 0 Å². The van der Waals surface area contributed by atoms with Gasteiger partial charge in [-0.2, -0.15) is 13.2 Å². The lowest BCUT2D eigenvalue weighted by atomic mass is 9.85. The average molecular weight is 379 g/mol. The third-order valence-electron chi connectivity index (χ3n) is 3.99. The van der Waals surface area contributed by atoms with Crippen molar-refractivity contribution in [2.45, 2.75) is 37.9 Å². The molecule has 4 N–H and O–H groups in total. The number of rotatable bonds is 4. The number of anilines is 2. The first-order valence-electron chi connectivity index (χ1n) is 7.71. The topological polar surface area (TPSA) is 101 Å². The second-order valence-electron chi connectivity index (χ2n) is 6.25. The minimum atomic E-state index is -4.61. The molecule has 0 saturated heterocycles. The number of amides is 1. The van der Waals surface area contributed by atoms with Gasteiger partial charge in [0, 0.05) is 12.0 Å². The van der Waals surface area contributed by atoms with Crippen LogP contribution in [0.1, 0.15) is 31.2 Å². The van der Waals surface area contributed by atoms with Crippen molar-refractivity contribution in [2.24, 2.45) is 11.7 Å².